The van der Waals surface area contributed by atoms with Gasteiger partial charge in [0.25, 0.3) is 0 Å². The molecule has 3 nitrogen and oxygen atoms in total. The number of carbonyl (C=O) groups excluding carboxylic acids is 1. The van der Waals surface area contributed by atoms with E-state index in [0.29, 0.717) is 0 Å². The molecule has 0 saturated heterocycles. The number of carbonyl (C=O) groups is 1. The van der Waals surface area contributed by atoms with Gasteiger partial charge >= 0.3 is 0 Å². The molecular formula is C9H16N2O. The van der Waals surface area contributed by atoms with Gasteiger partial charge in [-0.05, 0) is 13.0 Å². The van der Waals surface area contributed by atoms with Crippen molar-refractivity contribution in [3.8, 4) is 0 Å². The summed E-state index contributed by atoms with van der Waals surface area (Å²) in [5.41, 5.74) is 0.746. The third kappa shape index (κ3) is 3.91. The van der Waals surface area contributed by atoms with Gasteiger partial charge in [0, 0.05) is 26.2 Å². The van der Waals surface area contributed by atoms with Crippen LogP contribution in [0.4, 0.5) is 0 Å². The normalized spacial score (nSPS) is 13.0. The molecular weight excluding hydrogens is 152 g/mol. The summed E-state index contributed by atoms with van der Waals surface area (Å²) >= 11 is 0. The van der Waals surface area contributed by atoms with E-state index in [1.165, 1.54) is 6.08 Å². The van der Waals surface area contributed by atoms with Crippen LogP contribution in [0.1, 0.15) is 20.3 Å². The number of nitrogens with zero attached hydrogens (tertiary/aromatic N) is 2. The average molecular weight is 168 g/mol. The van der Waals surface area contributed by atoms with Gasteiger partial charge in [0.1, 0.15) is 12.1 Å². The lowest BCUT2D eigenvalue weighted by Gasteiger charge is -2.13. The van der Waals surface area contributed by atoms with E-state index in [1.54, 1.807) is 0 Å². The van der Waals surface area contributed by atoms with E-state index in [-0.39, 0.29) is 0 Å². The van der Waals surface area contributed by atoms with Crippen molar-refractivity contribution >= 4 is 12.1 Å². The maximum Gasteiger partial charge on any atom is 0.144 e. The zero-order valence-electron chi connectivity index (χ0n) is 8.16. The minimum absolute atomic E-state index is 0.746. The molecule has 0 fully saturated rings. The number of hydrogen-bond donors (Lipinski definition) is 0. The van der Waals surface area contributed by atoms with E-state index in [1.807, 2.05) is 32.8 Å². The molecule has 0 atom stereocenters. The standard InChI is InChI=1S/C9H16N2O/c1-5-9(11(3)4)10-8(2)6-7-12/h6-7H,5H2,1-4H3/b8-6-,10-9?. The number of allylic oxidation sites excluding steroid dienone is 2. The smallest absolute Gasteiger partial charge is 0.144 e. The first-order chi connectivity index (χ1) is 5.61. The number of aldehydes is 1. The summed E-state index contributed by atoms with van der Waals surface area (Å²) in [4.78, 5) is 16.3. The summed E-state index contributed by atoms with van der Waals surface area (Å²) in [5.74, 6) is 0.977. The number of hydrogen-bond acceptors (Lipinski definition) is 2. The average Bonchev–Trinajstić information content (AvgIpc) is 2.00. The maximum absolute atomic E-state index is 10.1. The van der Waals surface area contributed by atoms with E-state index in [0.717, 1.165) is 24.2 Å². The van der Waals surface area contributed by atoms with Gasteiger partial charge in [0.05, 0.1) is 0 Å². The van der Waals surface area contributed by atoms with Crippen LogP contribution in [0.3, 0.4) is 0 Å². The Morgan fingerprint density at radius 3 is 2.42 bits per heavy atom. The van der Waals surface area contributed by atoms with Crippen LogP contribution in [0.5, 0.6) is 0 Å². The summed E-state index contributed by atoms with van der Waals surface area (Å²) in [5, 5.41) is 0. The van der Waals surface area contributed by atoms with E-state index < -0.39 is 0 Å². The molecule has 0 N–H and O–H groups in total. The number of aliphatic imine (C=N–C) groups is 1. The zero-order chi connectivity index (χ0) is 9.56. The van der Waals surface area contributed by atoms with Crippen LogP contribution in [-0.2, 0) is 4.79 Å². The molecule has 0 heterocycles. The molecule has 0 rings (SSSR count). The molecule has 0 saturated carbocycles. The topological polar surface area (TPSA) is 32.7 Å². The highest BCUT2D eigenvalue weighted by Gasteiger charge is 1.97. The molecule has 0 aromatic carbocycles. The van der Waals surface area contributed by atoms with Crippen molar-refractivity contribution in [2.24, 2.45) is 4.99 Å². The molecule has 0 aliphatic carbocycles. The Kier molecular flexibility index (Phi) is 5.00. The summed E-state index contributed by atoms with van der Waals surface area (Å²) in [6, 6.07) is 0. The second kappa shape index (κ2) is 5.52. The first-order valence-corrected chi connectivity index (χ1v) is 3.98. The van der Waals surface area contributed by atoms with Crippen molar-refractivity contribution in [2.75, 3.05) is 14.1 Å². The lowest BCUT2D eigenvalue weighted by atomic mass is 10.4. The van der Waals surface area contributed by atoms with Crippen LogP contribution in [0, 0.1) is 0 Å². The SMILES string of the molecule is CCC(=N/C(C)=C\C=O)N(C)C. The molecule has 0 bridgehead atoms. The first kappa shape index (κ1) is 10.9. The third-order valence-electron chi connectivity index (χ3n) is 1.45. The lowest BCUT2D eigenvalue weighted by molar-refractivity contribution is -0.104. The molecule has 0 spiro atoms. The Morgan fingerprint density at radius 1 is 1.50 bits per heavy atom. The van der Waals surface area contributed by atoms with Gasteiger partial charge in [-0.25, -0.2) is 4.99 Å². The van der Waals surface area contributed by atoms with E-state index in [4.69, 9.17) is 0 Å². The van der Waals surface area contributed by atoms with Crippen LogP contribution in [0.25, 0.3) is 0 Å². The minimum atomic E-state index is 0.746. The molecule has 12 heavy (non-hydrogen) atoms. The molecule has 0 radical (unpaired) electrons. The molecule has 0 aromatic rings. The molecule has 3 heteroatoms. The Hall–Kier alpha value is -1.12. The highest BCUT2D eigenvalue weighted by atomic mass is 16.1. The first-order valence-electron chi connectivity index (χ1n) is 3.98. The fraction of sp³-hybridized carbons (Fsp3) is 0.556. The van der Waals surface area contributed by atoms with Crippen LogP contribution in [0.2, 0.25) is 0 Å². The monoisotopic (exact) mass is 168 g/mol. The van der Waals surface area contributed by atoms with Gasteiger partial charge in [0.15, 0.2) is 0 Å². The van der Waals surface area contributed by atoms with E-state index >= 15 is 0 Å². The quantitative estimate of drug-likeness (QED) is 0.276. The van der Waals surface area contributed by atoms with Crippen molar-refractivity contribution in [2.45, 2.75) is 20.3 Å². The summed E-state index contributed by atoms with van der Waals surface area (Å²) in [7, 11) is 3.88. The van der Waals surface area contributed by atoms with Crippen LogP contribution in [0.15, 0.2) is 16.8 Å². The predicted octanol–water partition coefficient (Wildman–Crippen LogP) is 1.46. The van der Waals surface area contributed by atoms with Gasteiger partial charge in [-0.2, -0.15) is 0 Å². The Balaban J connectivity index is 4.48. The van der Waals surface area contributed by atoms with Crippen molar-refractivity contribution in [1.29, 1.82) is 0 Å². The number of amidine groups is 1. The van der Waals surface area contributed by atoms with Crippen LogP contribution >= 0.6 is 0 Å². The maximum atomic E-state index is 10.1. The van der Waals surface area contributed by atoms with Gasteiger partial charge in [-0.15, -0.1) is 0 Å². The van der Waals surface area contributed by atoms with Gasteiger partial charge < -0.3 is 4.90 Å². The van der Waals surface area contributed by atoms with Crippen molar-refractivity contribution < 1.29 is 4.79 Å². The van der Waals surface area contributed by atoms with E-state index in [2.05, 4.69) is 4.99 Å². The van der Waals surface area contributed by atoms with Gasteiger partial charge in [-0.3, -0.25) is 4.79 Å². The minimum Gasteiger partial charge on any atom is -0.366 e. The molecule has 0 aromatic heterocycles. The summed E-state index contributed by atoms with van der Waals surface area (Å²) in [6.07, 6.45) is 3.08. The largest absolute Gasteiger partial charge is 0.366 e. The highest BCUT2D eigenvalue weighted by molar-refractivity contribution is 5.83. The predicted molar refractivity (Wildman–Crippen MR) is 51.2 cm³/mol. The summed E-state index contributed by atoms with van der Waals surface area (Å²) in [6.45, 7) is 3.85. The van der Waals surface area contributed by atoms with Gasteiger partial charge in [0.2, 0.25) is 0 Å². The highest BCUT2D eigenvalue weighted by Crippen LogP contribution is 1.98. The zero-order valence-corrected chi connectivity index (χ0v) is 8.16. The Morgan fingerprint density at radius 2 is 2.08 bits per heavy atom. The van der Waals surface area contributed by atoms with E-state index in [9.17, 15) is 4.79 Å². The molecule has 0 unspecified atom stereocenters. The van der Waals surface area contributed by atoms with Crippen molar-refractivity contribution in [3.05, 3.63) is 11.8 Å². The summed E-state index contributed by atoms with van der Waals surface area (Å²) < 4.78 is 0. The molecule has 68 valence electrons. The fourth-order valence-electron chi connectivity index (χ4n) is 0.835. The number of rotatable bonds is 3. The van der Waals surface area contributed by atoms with Crippen molar-refractivity contribution in [3.63, 3.8) is 0 Å². The second-order valence-corrected chi connectivity index (χ2v) is 2.72. The molecule has 0 aliphatic heterocycles. The second-order valence-electron chi connectivity index (χ2n) is 2.72. The molecule has 0 amide bonds. The fourth-order valence-corrected chi connectivity index (χ4v) is 0.835. The van der Waals surface area contributed by atoms with Crippen molar-refractivity contribution in [1.82, 2.24) is 4.90 Å². The third-order valence-corrected chi connectivity index (χ3v) is 1.45. The Bertz CT molecular complexity index is 205. The van der Waals surface area contributed by atoms with Crippen LogP contribution < -0.4 is 0 Å². The van der Waals surface area contributed by atoms with Gasteiger partial charge in [-0.1, -0.05) is 6.92 Å². The lowest BCUT2D eigenvalue weighted by Crippen LogP contribution is -2.20. The van der Waals surface area contributed by atoms with Crippen LogP contribution in [-0.4, -0.2) is 31.1 Å². The molecule has 0 aliphatic rings. The Labute approximate surface area is 73.8 Å².